The third-order valence-electron chi connectivity index (χ3n) is 6.16. The predicted octanol–water partition coefficient (Wildman–Crippen LogP) is 2.76. The maximum Gasteiger partial charge on any atom is 0.336 e. The highest BCUT2D eigenvalue weighted by Crippen LogP contribution is 2.51. The smallest absolute Gasteiger partial charge is 0.336 e. The van der Waals surface area contributed by atoms with Gasteiger partial charge < -0.3 is 23.7 Å². The molecule has 5 unspecified atom stereocenters. The lowest BCUT2D eigenvalue weighted by molar-refractivity contribution is -0.244. The standard InChI is InChI=1S/C22H28O8/c1-11(23)26-17-16-15-14(8-7-13-6-5-9-22(3,4)10-13)18(25)28-19(15)29-20(16)30-21(17)27-12(2)24/h7-8,15-17,19-21H,5-6,9-10H2,1-4H3/b13-7-,14-8-/t15?,16?,17?,19?,20?,21-/m1/s1. The zero-order chi connectivity index (χ0) is 21.6. The molecule has 3 aliphatic heterocycles. The van der Waals surface area contributed by atoms with E-state index in [1.165, 1.54) is 25.8 Å². The zero-order valence-electron chi connectivity index (χ0n) is 17.7. The summed E-state index contributed by atoms with van der Waals surface area (Å²) in [5.41, 5.74) is 2.01. The van der Waals surface area contributed by atoms with Gasteiger partial charge in [-0.25, -0.2) is 4.79 Å². The highest BCUT2D eigenvalue weighted by molar-refractivity contribution is 5.92. The van der Waals surface area contributed by atoms with E-state index in [4.69, 9.17) is 23.7 Å². The first-order valence-electron chi connectivity index (χ1n) is 10.4. The number of hydrogen-bond acceptors (Lipinski definition) is 8. The van der Waals surface area contributed by atoms with E-state index >= 15 is 0 Å². The molecule has 0 aromatic carbocycles. The van der Waals surface area contributed by atoms with Crippen LogP contribution in [0.4, 0.5) is 0 Å². The molecular weight excluding hydrogens is 392 g/mol. The van der Waals surface area contributed by atoms with Crippen LogP contribution in [-0.2, 0) is 38.1 Å². The summed E-state index contributed by atoms with van der Waals surface area (Å²) < 4.78 is 27.4. The van der Waals surface area contributed by atoms with Crippen LogP contribution in [0.2, 0.25) is 0 Å². The molecule has 0 aromatic heterocycles. The molecule has 0 amide bonds. The Kier molecular flexibility index (Phi) is 5.48. The number of carbonyl (C=O) groups is 3. The topological polar surface area (TPSA) is 97.4 Å². The molecule has 3 heterocycles. The molecule has 0 spiro atoms. The van der Waals surface area contributed by atoms with Crippen LogP contribution in [0.25, 0.3) is 0 Å². The van der Waals surface area contributed by atoms with E-state index in [1.807, 2.05) is 6.08 Å². The Balaban J connectivity index is 1.61. The van der Waals surface area contributed by atoms with Crippen LogP contribution in [0, 0.1) is 17.3 Å². The van der Waals surface area contributed by atoms with E-state index in [0.29, 0.717) is 5.57 Å². The summed E-state index contributed by atoms with van der Waals surface area (Å²) in [5, 5.41) is 0. The number of hydrogen-bond donors (Lipinski definition) is 0. The highest BCUT2D eigenvalue weighted by atomic mass is 16.8. The van der Waals surface area contributed by atoms with Crippen molar-refractivity contribution in [3.8, 4) is 0 Å². The van der Waals surface area contributed by atoms with Gasteiger partial charge in [0, 0.05) is 19.4 Å². The molecule has 0 aromatic rings. The normalized spacial score (nSPS) is 39.5. The second-order valence-electron chi connectivity index (χ2n) is 9.21. The second kappa shape index (κ2) is 7.81. The van der Waals surface area contributed by atoms with E-state index in [-0.39, 0.29) is 5.41 Å². The average molecular weight is 420 g/mol. The molecule has 4 aliphatic rings. The first kappa shape index (κ1) is 21.1. The van der Waals surface area contributed by atoms with Crippen molar-refractivity contribution < 1.29 is 38.1 Å². The molecule has 0 N–H and O–H groups in total. The second-order valence-corrected chi connectivity index (χ2v) is 9.21. The summed E-state index contributed by atoms with van der Waals surface area (Å²) in [7, 11) is 0. The van der Waals surface area contributed by atoms with Gasteiger partial charge in [-0.3, -0.25) is 9.59 Å². The van der Waals surface area contributed by atoms with Gasteiger partial charge in [0.05, 0.1) is 11.8 Å². The van der Waals surface area contributed by atoms with Crippen molar-refractivity contribution >= 4 is 17.9 Å². The number of rotatable bonds is 3. The summed E-state index contributed by atoms with van der Waals surface area (Å²) in [6.45, 7) is 7.01. The van der Waals surface area contributed by atoms with Gasteiger partial charge in [0.15, 0.2) is 12.4 Å². The lowest BCUT2D eigenvalue weighted by Gasteiger charge is -2.31. The maximum atomic E-state index is 12.5. The number of allylic oxidation sites excluding steroid dienone is 3. The molecule has 4 rings (SSSR count). The van der Waals surface area contributed by atoms with Gasteiger partial charge >= 0.3 is 17.9 Å². The largest absolute Gasteiger partial charge is 0.455 e. The van der Waals surface area contributed by atoms with E-state index in [1.54, 1.807) is 6.08 Å². The van der Waals surface area contributed by atoms with Gasteiger partial charge in [-0.15, -0.1) is 0 Å². The Bertz CT molecular complexity index is 810. The minimum atomic E-state index is -1.09. The van der Waals surface area contributed by atoms with E-state index in [2.05, 4.69) is 13.8 Å². The number of fused-ring (bicyclic) bond motifs is 3. The minimum Gasteiger partial charge on any atom is -0.455 e. The van der Waals surface area contributed by atoms with E-state index in [9.17, 15) is 14.4 Å². The first-order valence-corrected chi connectivity index (χ1v) is 10.4. The molecule has 6 atom stereocenters. The Labute approximate surface area is 175 Å². The molecule has 4 fully saturated rings. The molecule has 8 heteroatoms. The predicted molar refractivity (Wildman–Crippen MR) is 102 cm³/mol. The molecule has 0 radical (unpaired) electrons. The number of esters is 3. The van der Waals surface area contributed by atoms with Crippen LogP contribution in [0.3, 0.4) is 0 Å². The van der Waals surface area contributed by atoms with Crippen molar-refractivity contribution in [3.63, 3.8) is 0 Å². The van der Waals surface area contributed by atoms with Crippen LogP contribution in [0.1, 0.15) is 53.4 Å². The maximum absolute atomic E-state index is 12.5. The van der Waals surface area contributed by atoms with E-state index < -0.39 is 54.7 Å². The summed E-state index contributed by atoms with van der Waals surface area (Å²) in [6.07, 6.45) is 4.53. The zero-order valence-corrected chi connectivity index (χ0v) is 17.7. The number of ether oxygens (including phenoxy) is 5. The van der Waals surface area contributed by atoms with Gasteiger partial charge in [-0.1, -0.05) is 31.6 Å². The Morgan fingerprint density at radius 2 is 1.80 bits per heavy atom. The molecule has 30 heavy (non-hydrogen) atoms. The van der Waals surface area contributed by atoms with Gasteiger partial charge in [-0.05, 0) is 31.1 Å². The molecule has 8 nitrogen and oxygen atoms in total. The molecule has 0 bridgehead atoms. The van der Waals surface area contributed by atoms with Gasteiger partial charge in [0.2, 0.25) is 12.6 Å². The van der Waals surface area contributed by atoms with Gasteiger partial charge in [0.1, 0.15) is 0 Å². The van der Waals surface area contributed by atoms with Crippen LogP contribution in [0.15, 0.2) is 23.3 Å². The van der Waals surface area contributed by atoms with Crippen molar-refractivity contribution in [2.75, 3.05) is 0 Å². The fourth-order valence-electron chi connectivity index (χ4n) is 4.99. The van der Waals surface area contributed by atoms with Crippen molar-refractivity contribution in [3.05, 3.63) is 23.3 Å². The van der Waals surface area contributed by atoms with E-state index in [0.717, 1.165) is 19.3 Å². The molecule has 3 saturated heterocycles. The molecular formula is C22H28O8. The monoisotopic (exact) mass is 420 g/mol. The van der Waals surface area contributed by atoms with Crippen LogP contribution in [0.5, 0.6) is 0 Å². The third kappa shape index (κ3) is 4.03. The van der Waals surface area contributed by atoms with Crippen molar-refractivity contribution in [2.45, 2.75) is 78.4 Å². The van der Waals surface area contributed by atoms with Crippen molar-refractivity contribution in [2.24, 2.45) is 17.3 Å². The fourth-order valence-corrected chi connectivity index (χ4v) is 4.99. The first-order chi connectivity index (χ1) is 14.1. The Morgan fingerprint density at radius 1 is 1.07 bits per heavy atom. The lowest BCUT2D eigenvalue weighted by Crippen LogP contribution is -2.38. The van der Waals surface area contributed by atoms with Crippen LogP contribution < -0.4 is 0 Å². The van der Waals surface area contributed by atoms with Crippen molar-refractivity contribution in [1.29, 1.82) is 0 Å². The fraction of sp³-hybridized carbons (Fsp3) is 0.682. The Hall–Kier alpha value is -2.19. The summed E-state index contributed by atoms with van der Waals surface area (Å²) in [5.74, 6) is -2.53. The number of carbonyl (C=O) groups excluding carboxylic acids is 3. The SMILES string of the molecule is CC(=O)OC1C2C(OC3OC(=O)/C(=C\C=C4\CCCC(C)(C)C4)C32)O[C@H]1OC(C)=O. The third-order valence-corrected chi connectivity index (χ3v) is 6.16. The van der Waals surface area contributed by atoms with Gasteiger partial charge in [0.25, 0.3) is 0 Å². The summed E-state index contributed by atoms with van der Waals surface area (Å²) in [6, 6.07) is 0. The van der Waals surface area contributed by atoms with Gasteiger partial charge in [-0.2, -0.15) is 0 Å². The Morgan fingerprint density at radius 3 is 2.47 bits per heavy atom. The molecule has 1 saturated carbocycles. The van der Waals surface area contributed by atoms with Crippen molar-refractivity contribution in [1.82, 2.24) is 0 Å². The molecule has 164 valence electrons. The lowest BCUT2D eigenvalue weighted by atomic mass is 9.75. The summed E-state index contributed by atoms with van der Waals surface area (Å²) >= 11 is 0. The summed E-state index contributed by atoms with van der Waals surface area (Å²) in [4.78, 5) is 35.6. The highest BCUT2D eigenvalue weighted by Gasteiger charge is 2.64. The quantitative estimate of drug-likeness (QED) is 0.391. The average Bonchev–Trinajstić information content (AvgIpc) is 3.20. The van der Waals surface area contributed by atoms with Crippen LogP contribution >= 0.6 is 0 Å². The minimum absolute atomic E-state index is 0.250. The molecule has 1 aliphatic carbocycles. The van der Waals surface area contributed by atoms with Crippen LogP contribution in [-0.4, -0.2) is 42.9 Å².